The molecule has 2 amide bonds. The number of amides is 2. The van der Waals surface area contributed by atoms with Crippen LogP contribution in [-0.4, -0.2) is 44.2 Å². The standard InChI is InChI=1S/C21H28N4O2S/c1-12-7-8-17(9-13(12)2)22-20(26)18-10-28-11-25(18)21(27)14(3)19-15(4)23-24(6)16(19)5/h7-9,14,18H,10-11H2,1-6H3,(H,22,26). The Labute approximate surface area is 170 Å². The van der Waals surface area contributed by atoms with Crippen molar-refractivity contribution in [3.05, 3.63) is 46.3 Å². The summed E-state index contributed by atoms with van der Waals surface area (Å²) < 4.78 is 1.80. The molecule has 1 fully saturated rings. The minimum Gasteiger partial charge on any atom is -0.324 e. The summed E-state index contributed by atoms with van der Waals surface area (Å²) >= 11 is 1.61. The molecule has 1 aliphatic heterocycles. The van der Waals surface area contributed by atoms with Crippen molar-refractivity contribution < 1.29 is 9.59 Å². The number of rotatable bonds is 4. The van der Waals surface area contributed by atoms with E-state index in [1.807, 2.05) is 59.9 Å². The molecular weight excluding hydrogens is 372 g/mol. The molecule has 6 nitrogen and oxygen atoms in total. The molecule has 0 bridgehead atoms. The lowest BCUT2D eigenvalue weighted by molar-refractivity contribution is -0.137. The van der Waals surface area contributed by atoms with E-state index < -0.39 is 6.04 Å². The number of carbonyl (C=O) groups excluding carboxylic acids is 2. The average molecular weight is 401 g/mol. The summed E-state index contributed by atoms with van der Waals surface area (Å²) in [6.07, 6.45) is 0. The van der Waals surface area contributed by atoms with Crippen molar-refractivity contribution in [2.75, 3.05) is 16.9 Å². The molecule has 0 spiro atoms. The average Bonchev–Trinajstić information content (AvgIpc) is 3.22. The second-order valence-corrected chi connectivity index (χ2v) is 8.54. The van der Waals surface area contributed by atoms with E-state index >= 15 is 0 Å². The first-order chi connectivity index (χ1) is 13.2. The van der Waals surface area contributed by atoms with Gasteiger partial charge in [-0.25, -0.2) is 0 Å². The van der Waals surface area contributed by atoms with Gasteiger partial charge in [0.15, 0.2) is 0 Å². The van der Waals surface area contributed by atoms with Crippen LogP contribution in [0.5, 0.6) is 0 Å². The number of benzene rings is 1. The molecule has 1 aromatic carbocycles. The van der Waals surface area contributed by atoms with Crippen LogP contribution in [0.2, 0.25) is 0 Å². The van der Waals surface area contributed by atoms with E-state index in [1.165, 1.54) is 5.56 Å². The molecule has 2 atom stereocenters. The summed E-state index contributed by atoms with van der Waals surface area (Å²) in [5, 5.41) is 7.41. The van der Waals surface area contributed by atoms with Crippen molar-refractivity contribution in [1.29, 1.82) is 0 Å². The fourth-order valence-electron chi connectivity index (χ4n) is 3.71. The van der Waals surface area contributed by atoms with Crippen LogP contribution < -0.4 is 5.32 Å². The van der Waals surface area contributed by atoms with E-state index in [1.54, 1.807) is 21.3 Å². The lowest BCUT2D eigenvalue weighted by atomic mass is 9.97. The van der Waals surface area contributed by atoms with E-state index in [2.05, 4.69) is 10.4 Å². The van der Waals surface area contributed by atoms with Crippen LogP contribution in [0.15, 0.2) is 18.2 Å². The number of nitrogens with zero attached hydrogens (tertiary/aromatic N) is 3. The van der Waals surface area contributed by atoms with Crippen LogP contribution in [0.3, 0.4) is 0 Å². The molecule has 0 aliphatic carbocycles. The van der Waals surface area contributed by atoms with Crippen molar-refractivity contribution >= 4 is 29.3 Å². The summed E-state index contributed by atoms with van der Waals surface area (Å²) in [6, 6.07) is 5.40. The Morgan fingerprint density at radius 3 is 2.54 bits per heavy atom. The van der Waals surface area contributed by atoms with Crippen LogP contribution in [0.4, 0.5) is 5.69 Å². The van der Waals surface area contributed by atoms with E-state index in [9.17, 15) is 9.59 Å². The van der Waals surface area contributed by atoms with E-state index in [4.69, 9.17) is 0 Å². The van der Waals surface area contributed by atoms with Gasteiger partial charge in [0.1, 0.15) is 6.04 Å². The minimum atomic E-state index is -0.459. The first-order valence-corrected chi connectivity index (χ1v) is 10.6. The molecule has 1 saturated heterocycles. The Morgan fingerprint density at radius 2 is 1.93 bits per heavy atom. The zero-order valence-corrected chi connectivity index (χ0v) is 18.2. The third-order valence-electron chi connectivity index (χ3n) is 5.61. The van der Waals surface area contributed by atoms with Gasteiger partial charge in [-0.2, -0.15) is 5.10 Å². The van der Waals surface area contributed by atoms with E-state index in [0.717, 1.165) is 28.2 Å². The van der Waals surface area contributed by atoms with Gasteiger partial charge in [-0.3, -0.25) is 14.3 Å². The van der Waals surface area contributed by atoms with Crippen molar-refractivity contribution in [2.24, 2.45) is 7.05 Å². The fraction of sp³-hybridized carbons (Fsp3) is 0.476. The van der Waals surface area contributed by atoms with Gasteiger partial charge in [0.05, 0.1) is 17.5 Å². The third kappa shape index (κ3) is 3.81. The first kappa shape index (κ1) is 20.5. The normalized spacial score (nSPS) is 17.6. The molecule has 0 radical (unpaired) electrons. The van der Waals surface area contributed by atoms with Crippen LogP contribution >= 0.6 is 11.8 Å². The molecule has 2 aromatic rings. The number of nitrogens with one attached hydrogen (secondary N) is 1. The number of carbonyl (C=O) groups is 2. The van der Waals surface area contributed by atoms with Crippen LogP contribution in [0.25, 0.3) is 0 Å². The molecule has 1 aliphatic rings. The third-order valence-corrected chi connectivity index (χ3v) is 6.62. The maximum Gasteiger partial charge on any atom is 0.248 e. The van der Waals surface area contributed by atoms with Gasteiger partial charge in [-0.05, 0) is 57.9 Å². The van der Waals surface area contributed by atoms with E-state index in [-0.39, 0.29) is 17.7 Å². The minimum absolute atomic E-state index is 0.0237. The molecule has 3 rings (SSSR count). The molecule has 2 heterocycles. The second-order valence-electron chi connectivity index (χ2n) is 7.54. The SMILES string of the molecule is Cc1ccc(NC(=O)C2CSCN2C(=O)C(C)c2c(C)nn(C)c2C)cc1C. The number of aromatic nitrogens is 2. The molecular formula is C21H28N4O2S. The Morgan fingerprint density at radius 1 is 1.21 bits per heavy atom. The summed E-state index contributed by atoms with van der Waals surface area (Å²) in [7, 11) is 1.88. The van der Waals surface area contributed by atoms with Crippen LogP contribution in [0, 0.1) is 27.7 Å². The van der Waals surface area contributed by atoms with Gasteiger partial charge in [-0.1, -0.05) is 6.07 Å². The number of aryl methyl sites for hydroxylation is 4. The zero-order valence-electron chi connectivity index (χ0n) is 17.4. The highest BCUT2D eigenvalue weighted by Crippen LogP contribution is 2.30. The molecule has 1 aromatic heterocycles. The largest absolute Gasteiger partial charge is 0.324 e. The number of hydrogen-bond acceptors (Lipinski definition) is 4. The Balaban J connectivity index is 1.76. The molecule has 2 unspecified atom stereocenters. The Kier molecular flexibility index (Phi) is 5.84. The molecule has 150 valence electrons. The summed E-state index contributed by atoms with van der Waals surface area (Å²) in [6.45, 7) is 9.86. The van der Waals surface area contributed by atoms with Gasteiger partial charge in [0.25, 0.3) is 0 Å². The number of hydrogen-bond donors (Lipinski definition) is 1. The predicted molar refractivity (Wildman–Crippen MR) is 114 cm³/mol. The molecule has 1 N–H and O–H groups in total. The predicted octanol–water partition coefficient (Wildman–Crippen LogP) is 3.30. The van der Waals surface area contributed by atoms with Crippen molar-refractivity contribution in [3.63, 3.8) is 0 Å². The number of anilines is 1. The van der Waals surface area contributed by atoms with Crippen molar-refractivity contribution in [3.8, 4) is 0 Å². The summed E-state index contributed by atoms with van der Waals surface area (Å²) in [5.41, 5.74) is 5.89. The first-order valence-electron chi connectivity index (χ1n) is 9.47. The van der Waals surface area contributed by atoms with Gasteiger partial charge >= 0.3 is 0 Å². The highest BCUT2D eigenvalue weighted by atomic mass is 32.2. The van der Waals surface area contributed by atoms with Crippen molar-refractivity contribution in [2.45, 2.75) is 46.6 Å². The van der Waals surface area contributed by atoms with Gasteiger partial charge < -0.3 is 10.2 Å². The summed E-state index contributed by atoms with van der Waals surface area (Å²) in [5.74, 6) is 0.661. The quantitative estimate of drug-likeness (QED) is 0.855. The second kappa shape index (κ2) is 7.99. The topological polar surface area (TPSA) is 67.2 Å². The molecule has 7 heteroatoms. The molecule has 0 saturated carbocycles. The lowest BCUT2D eigenvalue weighted by Crippen LogP contribution is -2.46. The van der Waals surface area contributed by atoms with Crippen LogP contribution in [-0.2, 0) is 16.6 Å². The summed E-state index contributed by atoms with van der Waals surface area (Å²) in [4.78, 5) is 27.8. The van der Waals surface area contributed by atoms with Gasteiger partial charge in [0, 0.05) is 29.7 Å². The van der Waals surface area contributed by atoms with Crippen LogP contribution in [0.1, 0.15) is 40.9 Å². The lowest BCUT2D eigenvalue weighted by Gasteiger charge is -2.26. The smallest absolute Gasteiger partial charge is 0.248 e. The van der Waals surface area contributed by atoms with Gasteiger partial charge in [-0.15, -0.1) is 11.8 Å². The van der Waals surface area contributed by atoms with E-state index in [0.29, 0.717) is 11.6 Å². The highest BCUT2D eigenvalue weighted by molar-refractivity contribution is 7.99. The Bertz CT molecular complexity index is 921. The fourth-order valence-corrected chi connectivity index (χ4v) is 4.87. The zero-order chi connectivity index (χ0) is 20.6. The molecule has 28 heavy (non-hydrogen) atoms. The van der Waals surface area contributed by atoms with Crippen molar-refractivity contribution in [1.82, 2.24) is 14.7 Å². The Hall–Kier alpha value is -2.28. The van der Waals surface area contributed by atoms with Gasteiger partial charge in [0.2, 0.25) is 11.8 Å². The maximum absolute atomic E-state index is 13.2. The number of thioether (sulfide) groups is 1. The maximum atomic E-state index is 13.2. The monoisotopic (exact) mass is 400 g/mol. The highest BCUT2D eigenvalue weighted by Gasteiger charge is 2.38.